The third kappa shape index (κ3) is 3.50. The maximum Gasteiger partial charge on any atom is 0.315 e. The molecule has 0 radical (unpaired) electrons. The van der Waals surface area contributed by atoms with Crippen LogP contribution in [0.3, 0.4) is 0 Å². The first-order valence-corrected chi connectivity index (χ1v) is 7.01. The van der Waals surface area contributed by atoms with Crippen molar-refractivity contribution in [2.24, 2.45) is 0 Å². The number of anilines is 1. The summed E-state index contributed by atoms with van der Waals surface area (Å²) in [6.45, 7) is 5.19. The van der Waals surface area contributed by atoms with Gasteiger partial charge in [0.05, 0.1) is 6.04 Å². The average molecular weight is 275 g/mol. The third-order valence-corrected chi connectivity index (χ3v) is 3.34. The molecule has 0 saturated carbocycles. The van der Waals surface area contributed by atoms with Crippen LogP contribution in [0.2, 0.25) is 0 Å². The molecule has 2 rings (SSSR count). The molecule has 1 heterocycles. The Hall–Kier alpha value is -2.04. The minimum absolute atomic E-state index is 0.0506. The van der Waals surface area contributed by atoms with Crippen molar-refractivity contribution in [1.29, 1.82) is 0 Å². The van der Waals surface area contributed by atoms with Gasteiger partial charge >= 0.3 is 6.03 Å². The monoisotopic (exact) mass is 275 g/mol. The zero-order chi connectivity index (χ0) is 14.5. The van der Waals surface area contributed by atoms with Gasteiger partial charge in [-0.3, -0.25) is 4.79 Å². The van der Waals surface area contributed by atoms with Gasteiger partial charge in [-0.15, -0.1) is 0 Å². The van der Waals surface area contributed by atoms with Crippen LogP contribution in [-0.2, 0) is 4.79 Å². The van der Waals surface area contributed by atoms with E-state index in [0.29, 0.717) is 19.5 Å². The molecule has 0 spiro atoms. The van der Waals surface area contributed by atoms with Gasteiger partial charge in [0, 0.05) is 25.2 Å². The van der Waals surface area contributed by atoms with Gasteiger partial charge in [-0.2, -0.15) is 0 Å². The highest BCUT2D eigenvalue weighted by molar-refractivity contribution is 5.96. The summed E-state index contributed by atoms with van der Waals surface area (Å²) in [7, 11) is 0. The fraction of sp³-hybridized carbons (Fsp3) is 0.467. The fourth-order valence-corrected chi connectivity index (χ4v) is 2.25. The zero-order valence-corrected chi connectivity index (χ0v) is 12.0. The second kappa shape index (κ2) is 6.41. The molecule has 1 aliphatic rings. The summed E-state index contributed by atoms with van der Waals surface area (Å²) in [5.74, 6) is 0.0506. The molecule has 20 heavy (non-hydrogen) atoms. The van der Waals surface area contributed by atoms with Gasteiger partial charge in [-0.25, -0.2) is 4.79 Å². The van der Waals surface area contributed by atoms with Crippen LogP contribution >= 0.6 is 0 Å². The predicted molar refractivity (Wildman–Crippen MR) is 78.8 cm³/mol. The maximum atomic E-state index is 12.0. The average Bonchev–Trinajstić information content (AvgIpc) is 2.78. The molecule has 5 heteroatoms. The van der Waals surface area contributed by atoms with E-state index in [1.165, 1.54) is 0 Å². The lowest BCUT2D eigenvalue weighted by Gasteiger charge is -2.17. The molecule has 0 aromatic heterocycles. The van der Waals surface area contributed by atoms with E-state index in [4.69, 9.17) is 0 Å². The van der Waals surface area contributed by atoms with Gasteiger partial charge in [0.1, 0.15) is 0 Å². The van der Waals surface area contributed by atoms with Crippen LogP contribution in [0, 0.1) is 6.92 Å². The Balaban J connectivity index is 1.93. The van der Waals surface area contributed by atoms with Crippen LogP contribution < -0.4 is 15.5 Å². The van der Waals surface area contributed by atoms with Crippen molar-refractivity contribution in [3.8, 4) is 0 Å². The summed E-state index contributed by atoms with van der Waals surface area (Å²) in [5.41, 5.74) is 2.05. The normalized spacial score (nSPS) is 18.2. The van der Waals surface area contributed by atoms with Gasteiger partial charge in [-0.1, -0.05) is 24.6 Å². The van der Waals surface area contributed by atoms with E-state index >= 15 is 0 Å². The Kier molecular flexibility index (Phi) is 4.61. The Labute approximate surface area is 119 Å². The molecule has 2 N–H and O–H groups in total. The number of nitrogens with zero attached hydrogens (tertiary/aromatic N) is 1. The highest BCUT2D eigenvalue weighted by atomic mass is 16.2. The van der Waals surface area contributed by atoms with E-state index in [-0.39, 0.29) is 18.0 Å². The molecule has 1 aliphatic heterocycles. The Morgan fingerprint density at radius 2 is 2.05 bits per heavy atom. The molecule has 1 aromatic rings. The molecule has 1 saturated heterocycles. The van der Waals surface area contributed by atoms with Gasteiger partial charge < -0.3 is 15.5 Å². The summed E-state index contributed by atoms with van der Waals surface area (Å²) in [6, 6.07) is 7.52. The lowest BCUT2D eigenvalue weighted by molar-refractivity contribution is -0.117. The van der Waals surface area contributed by atoms with Crippen molar-refractivity contribution in [3.05, 3.63) is 29.8 Å². The first-order chi connectivity index (χ1) is 9.60. The van der Waals surface area contributed by atoms with E-state index in [9.17, 15) is 9.59 Å². The molecular weight excluding hydrogens is 254 g/mol. The van der Waals surface area contributed by atoms with Crippen molar-refractivity contribution in [1.82, 2.24) is 10.6 Å². The van der Waals surface area contributed by atoms with Crippen LogP contribution in [-0.4, -0.2) is 31.1 Å². The van der Waals surface area contributed by atoms with Crippen LogP contribution in [0.1, 0.15) is 25.3 Å². The van der Waals surface area contributed by atoms with Crippen molar-refractivity contribution >= 4 is 17.6 Å². The van der Waals surface area contributed by atoms with E-state index < -0.39 is 0 Å². The quantitative estimate of drug-likeness (QED) is 0.880. The zero-order valence-electron chi connectivity index (χ0n) is 12.0. The first-order valence-electron chi connectivity index (χ1n) is 7.01. The minimum atomic E-state index is -0.199. The summed E-state index contributed by atoms with van der Waals surface area (Å²) in [5, 5.41) is 5.60. The van der Waals surface area contributed by atoms with Crippen molar-refractivity contribution in [2.45, 2.75) is 32.7 Å². The van der Waals surface area contributed by atoms with Gasteiger partial charge in [0.2, 0.25) is 5.91 Å². The summed E-state index contributed by atoms with van der Waals surface area (Å²) in [4.78, 5) is 25.3. The number of hydrogen-bond acceptors (Lipinski definition) is 2. The number of carbonyl (C=O) groups is 2. The highest BCUT2D eigenvalue weighted by Gasteiger charge is 2.31. The smallest absolute Gasteiger partial charge is 0.315 e. The first kappa shape index (κ1) is 14.4. The molecule has 1 atom stereocenters. The molecular formula is C15H21N3O2. The van der Waals surface area contributed by atoms with E-state index in [1.807, 2.05) is 38.1 Å². The molecule has 0 bridgehead atoms. The summed E-state index contributed by atoms with van der Waals surface area (Å²) < 4.78 is 0. The molecule has 0 aliphatic carbocycles. The number of benzene rings is 1. The van der Waals surface area contributed by atoms with Gasteiger partial charge in [0.25, 0.3) is 0 Å². The number of carbonyl (C=O) groups excluding carboxylic acids is 2. The lowest BCUT2D eigenvalue weighted by atomic mass is 10.2. The second-order valence-corrected chi connectivity index (χ2v) is 5.14. The molecule has 5 nitrogen and oxygen atoms in total. The molecule has 3 amide bonds. The Morgan fingerprint density at radius 1 is 1.35 bits per heavy atom. The van der Waals surface area contributed by atoms with Crippen LogP contribution in [0.25, 0.3) is 0 Å². The standard InChI is InChI=1S/C15H21N3O2/c1-3-8-16-15(20)17-12-9-14(19)18(10-12)13-6-4-11(2)5-7-13/h4-7,12H,3,8-10H2,1-2H3,(H2,16,17,20)/t12-/m0/s1. The Morgan fingerprint density at radius 3 is 2.70 bits per heavy atom. The van der Waals surface area contributed by atoms with Crippen LogP contribution in [0.15, 0.2) is 24.3 Å². The molecule has 1 aromatic carbocycles. The topological polar surface area (TPSA) is 61.4 Å². The molecule has 108 valence electrons. The number of urea groups is 1. The lowest BCUT2D eigenvalue weighted by Crippen LogP contribution is -2.43. The van der Waals surface area contributed by atoms with Gasteiger partial charge in [-0.05, 0) is 25.5 Å². The maximum absolute atomic E-state index is 12.0. The van der Waals surface area contributed by atoms with Gasteiger partial charge in [0.15, 0.2) is 0 Å². The Bertz CT molecular complexity index is 484. The summed E-state index contributed by atoms with van der Waals surface area (Å²) >= 11 is 0. The third-order valence-electron chi connectivity index (χ3n) is 3.34. The minimum Gasteiger partial charge on any atom is -0.338 e. The highest BCUT2D eigenvalue weighted by Crippen LogP contribution is 2.21. The predicted octanol–water partition coefficient (Wildman–Crippen LogP) is 1.81. The molecule has 1 fully saturated rings. The van der Waals surface area contributed by atoms with E-state index in [1.54, 1.807) is 4.90 Å². The SMILES string of the molecule is CCCNC(=O)N[C@H]1CC(=O)N(c2ccc(C)cc2)C1. The number of hydrogen-bond donors (Lipinski definition) is 2. The number of rotatable bonds is 4. The number of aryl methyl sites for hydroxylation is 1. The summed E-state index contributed by atoms with van der Waals surface area (Å²) in [6.07, 6.45) is 1.25. The van der Waals surface area contributed by atoms with Crippen molar-refractivity contribution < 1.29 is 9.59 Å². The fourth-order valence-electron chi connectivity index (χ4n) is 2.25. The van der Waals surface area contributed by atoms with E-state index in [0.717, 1.165) is 17.7 Å². The van der Waals surface area contributed by atoms with Crippen molar-refractivity contribution in [2.75, 3.05) is 18.0 Å². The molecule has 0 unspecified atom stereocenters. The van der Waals surface area contributed by atoms with E-state index in [2.05, 4.69) is 10.6 Å². The van der Waals surface area contributed by atoms with Crippen molar-refractivity contribution in [3.63, 3.8) is 0 Å². The number of nitrogens with one attached hydrogen (secondary N) is 2. The second-order valence-electron chi connectivity index (χ2n) is 5.14. The number of amides is 3. The van der Waals surface area contributed by atoms with Crippen LogP contribution in [0.5, 0.6) is 0 Å². The largest absolute Gasteiger partial charge is 0.338 e. The van der Waals surface area contributed by atoms with Crippen LogP contribution in [0.4, 0.5) is 10.5 Å².